The van der Waals surface area contributed by atoms with Gasteiger partial charge in [-0.2, -0.15) is 0 Å². The van der Waals surface area contributed by atoms with E-state index in [1.165, 1.54) is 10.8 Å². The first-order valence-electron chi connectivity index (χ1n) is 14.9. The summed E-state index contributed by atoms with van der Waals surface area (Å²) in [5, 5.41) is 0.568. The molecule has 0 unspecified atom stereocenters. The van der Waals surface area contributed by atoms with E-state index in [2.05, 4.69) is 4.90 Å². The number of nitrogens with zero attached hydrogens (tertiary/aromatic N) is 4. The second-order valence-corrected chi connectivity index (χ2v) is 13.4. The van der Waals surface area contributed by atoms with E-state index in [-0.39, 0.29) is 27.9 Å². The fourth-order valence-corrected chi connectivity index (χ4v) is 7.16. The summed E-state index contributed by atoms with van der Waals surface area (Å²) in [6.45, 7) is 6.58. The number of aromatic nitrogens is 2. The molecule has 3 heterocycles. The highest BCUT2D eigenvalue weighted by atomic mass is 32.2. The van der Waals surface area contributed by atoms with E-state index in [0.717, 1.165) is 50.6 Å². The van der Waals surface area contributed by atoms with Crippen molar-refractivity contribution < 1.29 is 17.9 Å². The Hall–Kier alpha value is -4.67. The third-order valence-electron chi connectivity index (χ3n) is 8.60. The lowest BCUT2D eigenvalue weighted by molar-refractivity contribution is -0.139. The van der Waals surface area contributed by atoms with E-state index in [0.29, 0.717) is 18.5 Å². The molecular formula is C35H36N4O5S. The number of hydrogen-bond donors (Lipinski definition) is 0. The van der Waals surface area contributed by atoms with Gasteiger partial charge in [0.1, 0.15) is 17.9 Å². The number of rotatable bonds is 8. The van der Waals surface area contributed by atoms with Crippen molar-refractivity contribution in [1.29, 1.82) is 0 Å². The average Bonchev–Trinajstić information content (AvgIpc) is 3.50. The number of aryl methyl sites for hydroxylation is 2. The fraction of sp³-hybridized carbons (Fsp3) is 0.257. The fourth-order valence-electron chi connectivity index (χ4n) is 5.81. The maximum absolute atomic E-state index is 13.5. The van der Waals surface area contributed by atoms with Crippen LogP contribution in [0.15, 0.2) is 101 Å². The van der Waals surface area contributed by atoms with Crippen molar-refractivity contribution in [2.45, 2.75) is 24.8 Å². The van der Waals surface area contributed by atoms with Crippen LogP contribution in [0.1, 0.15) is 12.5 Å². The largest absolute Gasteiger partial charge is 0.492 e. The Morgan fingerprint density at radius 2 is 1.44 bits per heavy atom. The molecule has 0 aliphatic carbocycles. The van der Waals surface area contributed by atoms with E-state index in [9.17, 15) is 18.0 Å². The summed E-state index contributed by atoms with van der Waals surface area (Å²) in [6.07, 6.45) is 3.20. The molecule has 1 atom stereocenters. The van der Waals surface area contributed by atoms with E-state index in [1.807, 2.05) is 69.4 Å². The Morgan fingerprint density at radius 1 is 0.822 bits per heavy atom. The lowest BCUT2D eigenvalue weighted by atomic mass is 9.99. The van der Waals surface area contributed by atoms with Crippen LogP contribution in [-0.2, 0) is 21.9 Å². The van der Waals surface area contributed by atoms with Crippen LogP contribution in [0.3, 0.4) is 0 Å². The Kier molecular flexibility index (Phi) is 8.11. The van der Waals surface area contributed by atoms with Crippen molar-refractivity contribution in [3.05, 3.63) is 107 Å². The predicted octanol–water partition coefficient (Wildman–Crippen LogP) is 4.76. The molecule has 1 amide bonds. The Bertz CT molecular complexity index is 2030. The highest BCUT2D eigenvalue weighted by Crippen LogP contribution is 2.31. The number of hydrogen-bond acceptors (Lipinski definition) is 6. The summed E-state index contributed by atoms with van der Waals surface area (Å²) >= 11 is 0. The first-order chi connectivity index (χ1) is 21.5. The highest BCUT2D eigenvalue weighted by Gasteiger charge is 2.29. The van der Waals surface area contributed by atoms with Crippen molar-refractivity contribution >= 4 is 26.8 Å². The van der Waals surface area contributed by atoms with Gasteiger partial charge in [0.05, 0.1) is 10.9 Å². The molecule has 3 aromatic carbocycles. The van der Waals surface area contributed by atoms with Crippen molar-refractivity contribution in [1.82, 2.24) is 18.3 Å². The van der Waals surface area contributed by atoms with Crippen molar-refractivity contribution in [3.8, 4) is 28.0 Å². The lowest BCUT2D eigenvalue weighted by Crippen LogP contribution is -2.55. The number of ether oxygens (including phenoxy) is 1. The molecule has 232 valence electrons. The molecule has 1 saturated heterocycles. The summed E-state index contributed by atoms with van der Waals surface area (Å²) in [5.41, 5.74) is 4.33. The van der Waals surface area contributed by atoms with Gasteiger partial charge in [-0.1, -0.05) is 54.1 Å². The Morgan fingerprint density at radius 3 is 2.11 bits per heavy atom. The minimum Gasteiger partial charge on any atom is -0.492 e. The van der Waals surface area contributed by atoms with E-state index < -0.39 is 10.0 Å². The van der Waals surface area contributed by atoms with Crippen LogP contribution in [-0.4, -0.2) is 72.0 Å². The Balaban J connectivity index is 1.20. The van der Waals surface area contributed by atoms with Gasteiger partial charge >= 0.3 is 0 Å². The van der Waals surface area contributed by atoms with Gasteiger partial charge in [0.2, 0.25) is 5.91 Å². The molecule has 0 radical (unpaired) electrons. The normalized spacial score (nSPS) is 16.0. The quantitative estimate of drug-likeness (QED) is 0.247. The minimum absolute atomic E-state index is 0.115. The van der Waals surface area contributed by atoms with Gasteiger partial charge in [0, 0.05) is 57.1 Å². The number of amides is 1. The molecule has 45 heavy (non-hydrogen) atoms. The molecule has 0 N–H and O–H groups in total. The van der Waals surface area contributed by atoms with Crippen LogP contribution in [0, 0.1) is 6.92 Å². The van der Waals surface area contributed by atoms with E-state index >= 15 is 0 Å². The number of pyridine rings is 1. The number of benzene rings is 3. The monoisotopic (exact) mass is 624 g/mol. The van der Waals surface area contributed by atoms with Gasteiger partial charge in [0.25, 0.3) is 15.6 Å². The molecule has 10 heteroatoms. The molecule has 1 aliphatic heterocycles. The minimum atomic E-state index is -3.97. The topological polar surface area (TPSA) is 93.8 Å². The van der Waals surface area contributed by atoms with Gasteiger partial charge in [-0.05, 0) is 60.9 Å². The molecule has 9 nitrogen and oxygen atoms in total. The van der Waals surface area contributed by atoms with Gasteiger partial charge < -0.3 is 14.2 Å². The Labute approximate surface area is 262 Å². The van der Waals surface area contributed by atoms with Crippen molar-refractivity contribution in [3.63, 3.8) is 0 Å². The number of fused-ring (bicyclic) bond motifs is 1. The average molecular weight is 625 g/mol. The SMILES string of the molecule is Cc1ccc(S(=O)(=O)n2ccc3c(-c4ccc(-c5ccc(OCCN6CCN(C)C(=O)[C@H]6C)cc5)cc4)cn(C)c(=O)c32)cc1. The van der Waals surface area contributed by atoms with Gasteiger partial charge in [-0.25, -0.2) is 12.4 Å². The van der Waals surface area contributed by atoms with Crippen molar-refractivity contribution in [2.75, 3.05) is 33.3 Å². The summed E-state index contributed by atoms with van der Waals surface area (Å²) in [7, 11) is -0.498. The molecule has 1 aliphatic rings. The zero-order chi connectivity index (χ0) is 31.9. The van der Waals surface area contributed by atoms with Crippen LogP contribution < -0.4 is 10.3 Å². The molecule has 0 spiro atoms. The van der Waals surface area contributed by atoms with Crippen LogP contribution in [0.25, 0.3) is 33.2 Å². The summed E-state index contributed by atoms with van der Waals surface area (Å²) in [5.74, 6) is 0.906. The maximum Gasteiger partial charge on any atom is 0.275 e. The van der Waals surface area contributed by atoms with Crippen LogP contribution in [0.2, 0.25) is 0 Å². The van der Waals surface area contributed by atoms with Gasteiger partial charge in [0.15, 0.2) is 0 Å². The summed E-state index contributed by atoms with van der Waals surface area (Å²) in [6, 6.07) is 24.0. The first kappa shape index (κ1) is 30.4. The third-order valence-corrected chi connectivity index (χ3v) is 10.3. The molecule has 0 saturated carbocycles. The molecule has 0 bridgehead atoms. The van der Waals surface area contributed by atoms with Crippen LogP contribution in [0.5, 0.6) is 5.75 Å². The van der Waals surface area contributed by atoms with Crippen LogP contribution in [0.4, 0.5) is 0 Å². The molecule has 5 aromatic rings. The molecular weight excluding hydrogens is 588 g/mol. The number of piperazine rings is 1. The van der Waals surface area contributed by atoms with Crippen molar-refractivity contribution in [2.24, 2.45) is 7.05 Å². The maximum atomic E-state index is 13.5. The standard InChI is InChI=1S/C35H36N4O5S/c1-24-5-15-30(16-6-24)45(42,43)39-18-17-31-32(23-37(4)35(41)33(31)39)28-9-7-26(8-10-28)27-11-13-29(14-12-27)44-22-21-38-20-19-36(3)34(40)25(38)2/h5-18,23,25H,19-22H2,1-4H3/t25-/m1/s1. The van der Waals surface area contributed by atoms with Gasteiger partial charge in [-0.3, -0.25) is 14.5 Å². The number of likely N-dealkylation sites (N-methyl/N-ethyl adjacent to an activating group) is 1. The van der Waals surface area contributed by atoms with Gasteiger partial charge in [-0.15, -0.1) is 0 Å². The zero-order valence-corrected chi connectivity index (χ0v) is 26.6. The second-order valence-electron chi connectivity index (χ2n) is 11.6. The zero-order valence-electron chi connectivity index (χ0n) is 25.8. The third kappa shape index (κ3) is 5.79. The number of carbonyl (C=O) groups excluding carboxylic acids is 1. The highest BCUT2D eigenvalue weighted by molar-refractivity contribution is 7.90. The molecule has 1 fully saturated rings. The first-order valence-corrected chi connectivity index (χ1v) is 16.3. The molecule has 2 aromatic heterocycles. The lowest BCUT2D eigenvalue weighted by Gasteiger charge is -2.37. The predicted molar refractivity (Wildman–Crippen MR) is 176 cm³/mol. The summed E-state index contributed by atoms with van der Waals surface area (Å²) < 4.78 is 35.5. The number of carbonyl (C=O) groups is 1. The second kappa shape index (κ2) is 12.0. The smallest absolute Gasteiger partial charge is 0.275 e. The van der Waals surface area contributed by atoms with E-state index in [4.69, 9.17) is 4.74 Å². The molecule has 6 rings (SSSR count). The van der Waals surface area contributed by atoms with Crippen LogP contribution >= 0.6 is 0 Å². The van der Waals surface area contributed by atoms with E-state index in [1.54, 1.807) is 48.5 Å². The summed E-state index contributed by atoms with van der Waals surface area (Å²) in [4.78, 5) is 29.5.